The average Bonchev–Trinajstić information content (AvgIpc) is 3.27. The monoisotopic (exact) mass is 315 g/mol. The topological polar surface area (TPSA) is 45.2 Å². The maximum Gasteiger partial charge on any atom is 0.225 e. The maximum atomic E-state index is 12.5. The Morgan fingerprint density at radius 2 is 2.05 bits per heavy atom. The Kier molecular flexibility index (Phi) is 3.74. The van der Waals surface area contributed by atoms with Crippen LogP contribution in [0.1, 0.15) is 32.1 Å². The Bertz CT molecular complexity index is 644. The van der Waals surface area contributed by atoms with E-state index in [2.05, 4.69) is 21.3 Å². The fourth-order valence-electron chi connectivity index (χ4n) is 3.62. The zero-order valence-corrected chi connectivity index (χ0v) is 13.4. The zero-order chi connectivity index (χ0) is 14.9. The highest BCUT2D eigenvalue weighted by Crippen LogP contribution is 2.30. The van der Waals surface area contributed by atoms with Gasteiger partial charge in [0.1, 0.15) is 0 Å². The number of carbonyl (C=O) groups excluding carboxylic acids is 1. The van der Waals surface area contributed by atoms with Crippen molar-refractivity contribution in [3.8, 4) is 0 Å². The molecule has 2 aliphatic rings. The van der Waals surface area contributed by atoms with Crippen molar-refractivity contribution >= 4 is 32.6 Å². The Labute approximate surface area is 134 Å². The van der Waals surface area contributed by atoms with Crippen LogP contribution in [0, 0.1) is 5.92 Å². The Balaban J connectivity index is 1.39. The van der Waals surface area contributed by atoms with Crippen molar-refractivity contribution in [3.63, 3.8) is 0 Å². The van der Waals surface area contributed by atoms with E-state index >= 15 is 0 Å². The van der Waals surface area contributed by atoms with Gasteiger partial charge in [0.15, 0.2) is 5.13 Å². The average molecular weight is 315 g/mol. The number of carbonyl (C=O) groups is 1. The second-order valence-corrected chi connectivity index (χ2v) is 7.41. The minimum absolute atomic E-state index is 0.293. The van der Waals surface area contributed by atoms with Crippen LogP contribution in [0.3, 0.4) is 0 Å². The van der Waals surface area contributed by atoms with E-state index in [1.165, 1.54) is 17.5 Å². The molecule has 1 saturated carbocycles. The number of amides is 1. The third-order valence-electron chi connectivity index (χ3n) is 4.83. The van der Waals surface area contributed by atoms with Crippen LogP contribution in [-0.4, -0.2) is 34.9 Å². The first-order chi connectivity index (χ1) is 10.8. The van der Waals surface area contributed by atoms with Crippen molar-refractivity contribution in [2.75, 3.05) is 18.4 Å². The van der Waals surface area contributed by atoms with E-state index < -0.39 is 0 Å². The molecule has 4 rings (SSSR count). The molecule has 2 heterocycles. The van der Waals surface area contributed by atoms with Gasteiger partial charge in [-0.15, -0.1) is 0 Å². The van der Waals surface area contributed by atoms with E-state index in [0.29, 0.717) is 17.9 Å². The molecule has 22 heavy (non-hydrogen) atoms. The fraction of sp³-hybridized carbons (Fsp3) is 0.529. The molecule has 1 aliphatic heterocycles. The summed E-state index contributed by atoms with van der Waals surface area (Å²) >= 11 is 1.69. The molecular weight excluding hydrogens is 294 g/mol. The number of rotatable bonds is 3. The predicted molar refractivity (Wildman–Crippen MR) is 90.2 cm³/mol. The van der Waals surface area contributed by atoms with Gasteiger partial charge in [0, 0.05) is 25.0 Å². The predicted octanol–water partition coefficient (Wildman–Crippen LogP) is 3.50. The number of hydrogen-bond donors (Lipinski definition) is 1. The molecule has 1 unspecified atom stereocenters. The normalized spacial score (nSPS) is 22.5. The summed E-state index contributed by atoms with van der Waals surface area (Å²) in [5, 5.41) is 4.49. The van der Waals surface area contributed by atoms with Crippen LogP contribution in [-0.2, 0) is 4.79 Å². The number of para-hydroxylation sites is 1. The Hall–Kier alpha value is -1.62. The molecule has 1 saturated heterocycles. The molecule has 1 aliphatic carbocycles. The molecule has 1 atom stereocenters. The summed E-state index contributed by atoms with van der Waals surface area (Å²) in [7, 11) is 0. The lowest BCUT2D eigenvalue weighted by atomic mass is 10.1. The minimum atomic E-state index is 0.293. The molecule has 0 radical (unpaired) electrons. The van der Waals surface area contributed by atoms with Crippen molar-refractivity contribution in [2.24, 2.45) is 5.92 Å². The minimum Gasteiger partial charge on any atom is -0.357 e. The summed E-state index contributed by atoms with van der Waals surface area (Å²) in [6.45, 7) is 1.71. The van der Waals surface area contributed by atoms with Crippen molar-refractivity contribution in [2.45, 2.75) is 38.1 Å². The quantitative estimate of drug-likeness (QED) is 0.943. The number of thiazole rings is 1. The molecular formula is C17H21N3OS. The summed E-state index contributed by atoms with van der Waals surface area (Å²) in [4.78, 5) is 19.2. The highest BCUT2D eigenvalue weighted by molar-refractivity contribution is 7.22. The van der Waals surface area contributed by atoms with E-state index in [4.69, 9.17) is 0 Å². The summed E-state index contributed by atoms with van der Waals surface area (Å²) < 4.78 is 1.21. The SMILES string of the molecule is O=C(C1CCCC1)N1CCC(Nc2nc3ccccc3s2)C1. The Morgan fingerprint density at radius 1 is 1.23 bits per heavy atom. The number of anilines is 1. The number of nitrogens with one attached hydrogen (secondary N) is 1. The number of aromatic nitrogens is 1. The van der Waals surface area contributed by atoms with Crippen LogP contribution < -0.4 is 5.32 Å². The van der Waals surface area contributed by atoms with Gasteiger partial charge in [-0.1, -0.05) is 36.3 Å². The van der Waals surface area contributed by atoms with E-state index in [9.17, 15) is 4.79 Å². The summed E-state index contributed by atoms with van der Waals surface area (Å²) in [5.74, 6) is 0.673. The van der Waals surface area contributed by atoms with Crippen molar-refractivity contribution in [3.05, 3.63) is 24.3 Å². The molecule has 1 aromatic carbocycles. The van der Waals surface area contributed by atoms with Gasteiger partial charge in [-0.2, -0.15) is 0 Å². The van der Waals surface area contributed by atoms with Gasteiger partial charge in [0.25, 0.3) is 0 Å². The van der Waals surface area contributed by atoms with Gasteiger partial charge < -0.3 is 10.2 Å². The van der Waals surface area contributed by atoms with Crippen molar-refractivity contribution in [1.29, 1.82) is 0 Å². The van der Waals surface area contributed by atoms with Crippen LogP contribution in [0.25, 0.3) is 10.2 Å². The first-order valence-corrected chi connectivity index (χ1v) is 9.02. The standard InChI is InChI=1S/C17H21N3OS/c21-16(12-5-1-2-6-12)20-10-9-13(11-20)18-17-19-14-7-3-4-8-15(14)22-17/h3-4,7-8,12-13H,1-2,5-6,9-11H2,(H,18,19). The van der Waals surface area contributed by atoms with E-state index in [1.807, 2.05) is 18.2 Å². The number of likely N-dealkylation sites (tertiary alicyclic amines) is 1. The van der Waals surface area contributed by atoms with Gasteiger partial charge in [-0.25, -0.2) is 4.98 Å². The highest BCUT2D eigenvalue weighted by Gasteiger charge is 2.32. The second-order valence-electron chi connectivity index (χ2n) is 6.38. The van der Waals surface area contributed by atoms with Gasteiger partial charge in [-0.3, -0.25) is 4.79 Å². The van der Waals surface area contributed by atoms with Crippen LogP contribution in [0.2, 0.25) is 0 Å². The van der Waals surface area contributed by atoms with Crippen LogP contribution in [0.4, 0.5) is 5.13 Å². The van der Waals surface area contributed by atoms with Gasteiger partial charge in [0.05, 0.1) is 10.2 Å². The molecule has 4 nitrogen and oxygen atoms in total. The van der Waals surface area contributed by atoms with E-state index in [-0.39, 0.29) is 0 Å². The molecule has 5 heteroatoms. The van der Waals surface area contributed by atoms with E-state index in [1.54, 1.807) is 11.3 Å². The van der Waals surface area contributed by atoms with Gasteiger partial charge >= 0.3 is 0 Å². The summed E-state index contributed by atoms with van der Waals surface area (Å²) in [5.41, 5.74) is 1.05. The van der Waals surface area contributed by atoms with Crippen molar-refractivity contribution in [1.82, 2.24) is 9.88 Å². The molecule has 116 valence electrons. The molecule has 1 N–H and O–H groups in total. The lowest BCUT2D eigenvalue weighted by Gasteiger charge is -2.20. The van der Waals surface area contributed by atoms with Crippen LogP contribution >= 0.6 is 11.3 Å². The van der Waals surface area contributed by atoms with E-state index in [0.717, 1.165) is 43.0 Å². The van der Waals surface area contributed by atoms with Crippen molar-refractivity contribution < 1.29 is 4.79 Å². The molecule has 2 fully saturated rings. The number of nitrogens with zero attached hydrogens (tertiary/aromatic N) is 2. The molecule has 0 bridgehead atoms. The fourth-order valence-corrected chi connectivity index (χ4v) is 4.56. The lowest BCUT2D eigenvalue weighted by Crippen LogP contribution is -2.35. The van der Waals surface area contributed by atoms with Gasteiger partial charge in [0.2, 0.25) is 5.91 Å². The lowest BCUT2D eigenvalue weighted by molar-refractivity contribution is -0.134. The maximum absolute atomic E-state index is 12.5. The molecule has 1 aromatic heterocycles. The van der Waals surface area contributed by atoms with Crippen LogP contribution in [0.5, 0.6) is 0 Å². The number of fused-ring (bicyclic) bond motifs is 1. The first kappa shape index (κ1) is 14.0. The molecule has 0 spiro atoms. The largest absolute Gasteiger partial charge is 0.357 e. The smallest absolute Gasteiger partial charge is 0.225 e. The molecule has 2 aromatic rings. The second kappa shape index (κ2) is 5.88. The molecule has 1 amide bonds. The van der Waals surface area contributed by atoms with Crippen LogP contribution in [0.15, 0.2) is 24.3 Å². The number of benzene rings is 1. The first-order valence-electron chi connectivity index (χ1n) is 8.20. The third kappa shape index (κ3) is 2.70. The zero-order valence-electron chi connectivity index (χ0n) is 12.6. The number of hydrogen-bond acceptors (Lipinski definition) is 4. The third-order valence-corrected chi connectivity index (χ3v) is 5.79. The van der Waals surface area contributed by atoms with Gasteiger partial charge in [-0.05, 0) is 31.4 Å². The summed E-state index contributed by atoms with van der Waals surface area (Å²) in [6, 6.07) is 8.54. The summed E-state index contributed by atoms with van der Waals surface area (Å²) in [6.07, 6.45) is 5.64. The Morgan fingerprint density at radius 3 is 2.86 bits per heavy atom. The highest BCUT2D eigenvalue weighted by atomic mass is 32.1.